The minimum Gasteiger partial charge on any atom is -0.507 e. The Morgan fingerprint density at radius 3 is 2.62 bits per heavy atom. The normalized spacial score (nSPS) is 23.6. The van der Waals surface area contributed by atoms with Gasteiger partial charge in [0.15, 0.2) is 5.72 Å². The van der Waals surface area contributed by atoms with Gasteiger partial charge in [-0.1, -0.05) is 30.3 Å². The van der Waals surface area contributed by atoms with Crippen molar-refractivity contribution in [1.82, 2.24) is 5.01 Å². The van der Waals surface area contributed by atoms with Crippen molar-refractivity contribution in [3.63, 3.8) is 0 Å². The fourth-order valence-corrected chi connectivity index (χ4v) is 4.37. The van der Waals surface area contributed by atoms with Crippen LogP contribution in [0.3, 0.4) is 0 Å². The summed E-state index contributed by atoms with van der Waals surface area (Å²) < 4.78 is 6.47. The summed E-state index contributed by atoms with van der Waals surface area (Å²) in [5, 5.41) is 17.4. The second kappa shape index (κ2) is 5.00. The summed E-state index contributed by atoms with van der Waals surface area (Å²) in [6.07, 6.45) is 5.17. The molecule has 2 aliphatic heterocycles. The monoisotopic (exact) mass is 320 g/mol. The van der Waals surface area contributed by atoms with Gasteiger partial charge in [0.2, 0.25) is 0 Å². The molecule has 0 saturated heterocycles. The summed E-state index contributed by atoms with van der Waals surface area (Å²) in [6, 6.07) is 16.0. The summed E-state index contributed by atoms with van der Waals surface area (Å²) in [4.78, 5) is 0. The van der Waals surface area contributed by atoms with Crippen LogP contribution in [0.5, 0.6) is 11.5 Å². The van der Waals surface area contributed by atoms with Crippen LogP contribution in [0.25, 0.3) is 0 Å². The van der Waals surface area contributed by atoms with Gasteiger partial charge >= 0.3 is 0 Å². The van der Waals surface area contributed by atoms with E-state index in [1.165, 1.54) is 18.4 Å². The van der Waals surface area contributed by atoms with Crippen molar-refractivity contribution in [2.45, 2.75) is 43.9 Å². The molecule has 2 aromatic carbocycles. The molecule has 5 rings (SSSR count). The molecule has 2 aromatic rings. The maximum Gasteiger partial charge on any atom is 0.198 e. The van der Waals surface area contributed by atoms with Crippen molar-refractivity contribution < 1.29 is 9.84 Å². The Labute approximate surface area is 141 Å². The van der Waals surface area contributed by atoms with Crippen molar-refractivity contribution in [3.8, 4) is 11.5 Å². The Balaban J connectivity index is 1.63. The number of para-hydroxylation sites is 2. The molecule has 24 heavy (non-hydrogen) atoms. The molecule has 1 N–H and O–H groups in total. The molecule has 1 fully saturated rings. The van der Waals surface area contributed by atoms with Crippen LogP contribution in [0, 0.1) is 0 Å². The van der Waals surface area contributed by atoms with Gasteiger partial charge in [-0.2, -0.15) is 5.10 Å². The summed E-state index contributed by atoms with van der Waals surface area (Å²) in [6.45, 7) is 0. The molecule has 0 radical (unpaired) electrons. The molecule has 2 heterocycles. The van der Waals surface area contributed by atoms with E-state index in [0.29, 0.717) is 5.75 Å². The van der Waals surface area contributed by atoms with Crippen molar-refractivity contribution in [2.24, 2.45) is 5.10 Å². The number of nitrogens with zero attached hydrogens (tertiary/aromatic N) is 2. The van der Waals surface area contributed by atoms with Crippen LogP contribution in [0.2, 0.25) is 0 Å². The zero-order chi connectivity index (χ0) is 16.1. The summed E-state index contributed by atoms with van der Waals surface area (Å²) >= 11 is 0. The van der Waals surface area contributed by atoms with Crippen LogP contribution >= 0.6 is 0 Å². The van der Waals surface area contributed by atoms with Gasteiger partial charge in [0.25, 0.3) is 0 Å². The van der Waals surface area contributed by atoms with E-state index in [4.69, 9.17) is 9.84 Å². The highest BCUT2D eigenvalue weighted by atomic mass is 16.5. The lowest BCUT2D eigenvalue weighted by Crippen LogP contribution is -2.51. The van der Waals surface area contributed by atoms with Crippen LogP contribution in [-0.2, 0) is 0 Å². The summed E-state index contributed by atoms with van der Waals surface area (Å²) in [7, 11) is 0. The average molecular weight is 320 g/mol. The van der Waals surface area contributed by atoms with Crippen molar-refractivity contribution in [1.29, 1.82) is 0 Å². The molecule has 4 heteroatoms. The minimum absolute atomic E-state index is 0.197. The van der Waals surface area contributed by atoms with E-state index in [9.17, 15) is 5.11 Å². The van der Waals surface area contributed by atoms with E-state index >= 15 is 0 Å². The number of rotatable bonds is 1. The number of phenols is 1. The smallest absolute Gasteiger partial charge is 0.198 e. The molecule has 0 aromatic heterocycles. The summed E-state index contributed by atoms with van der Waals surface area (Å²) in [5.74, 6) is 1.29. The maximum atomic E-state index is 10.2. The molecule has 1 atom stereocenters. The highest BCUT2D eigenvalue weighted by Crippen LogP contribution is 2.52. The van der Waals surface area contributed by atoms with Gasteiger partial charge in [-0.25, -0.2) is 5.01 Å². The number of phenolic OH excluding ortho intramolecular Hbond substituents is 1. The Hall–Kier alpha value is -2.49. The summed E-state index contributed by atoms with van der Waals surface area (Å²) in [5.41, 5.74) is 2.66. The number of ether oxygens (including phenoxy) is 1. The van der Waals surface area contributed by atoms with Gasteiger partial charge in [0.05, 0.1) is 11.8 Å². The Morgan fingerprint density at radius 1 is 1.04 bits per heavy atom. The lowest BCUT2D eigenvalue weighted by molar-refractivity contribution is -0.114. The first-order valence-electron chi connectivity index (χ1n) is 8.70. The van der Waals surface area contributed by atoms with Crippen LogP contribution in [0.15, 0.2) is 53.6 Å². The maximum absolute atomic E-state index is 10.2. The number of hydrogen-bond acceptors (Lipinski definition) is 4. The molecular formula is C20H20N2O2. The van der Waals surface area contributed by atoms with Gasteiger partial charge in [0.1, 0.15) is 11.5 Å². The predicted molar refractivity (Wildman–Crippen MR) is 92.1 cm³/mol. The third-order valence-corrected chi connectivity index (χ3v) is 5.51. The van der Waals surface area contributed by atoms with Crippen LogP contribution in [0.4, 0.5) is 0 Å². The Kier molecular flexibility index (Phi) is 2.90. The molecule has 3 aliphatic rings. The van der Waals surface area contributed by atoms with Crippen molar-refractivity contribution in [3.05, 3.63) is 59.7 Å². The van der Waals surface area contributed by atoms with Gasteiger partial charge < -0.3 is 9.84 Å². The number of hydrogen-bond donors (Lipinski definition) is 1. The van der Waals surface area contributed by atoms with E-state index in [2.05, 4.69) is 23.2 Å². The second-order valence-electron chi connectivity index (χ2n) is 6.92. The molecule has 1 aliphatic carbocycles. The second-order valence-corrected chi connectivity index (χ2v) is 6.92. The predicted octanol–water partition coefficient (Wildman–Crippen LogP) is 4.21. The van der Waals surface area contributed by atoms with Crippen LogP contribution < -0.4 is 4.74 Å². The molecule has 122 valence electrons. The zero-order valence-corrected chi connectivity index (χ0v) is 13.5. The van der Waals surface area contributed by atoms with E-state index in [1.807, 2.05) is 24.3 Å². The van der Waals surface area contributed by atoms with Gasteiger partial charge in [-0.15, -0.1) is 0 Å². The number of aromatic hydroxyl groups is 1. The van der Waals surface area contributed by atoms with Crippen LogP contribution in [0.1, 0.15) is 49.3 Å². The van der Waals surface area contributed by atoms with E-state index in [0.717, 1.165) is 36.3 Å². The lowest BCUT2D eigenvalue weighted by atomic mass is 9.94. The highest BCUT2D eigenvalue weighted by Gasteiger charge is 2.51. The first-order valence-corrected chi connectivity index (χ1v) is 8.70. The molecular weight excluding hydrogens is 300 g/mol. The molecule has 1 spiro atoms. The standard InChI is InChI=1S/C20H20N2O2/c23-18-9-3-1-7-14(18)16-13-17-15-8-2-4-10-19(15)24-20(22(17)21-16)11-5-6-12-20/h1-4,7-10,17,23H,5-6,11-13H2/t17-/m0/s1. The van der Waals surface area contributed by atoms with Gasteiger partial charge in [-0.3, -0.25) is 0 Å². The average Bonchev–Trinajstić information content (AvgIpc) is 3.24. The van der Waals surface area contributed by atoms with Crippen LogP contribution in [-0.4, -0.2) is 21.6 Å². The Morgan fingerprint density at radius 2 is 1.79 bits per heavy atom. The molecule has 1 saturated carbocycles. The van der Waals surface area contributed by atoms with Gasteiger partial charge in [0, 0.05) is 30.4 Å². The number of benzene rings is 2. The Bertz CT molecular complexity index is 824. The molecule has 0 bridgehead atoms. The van der Waals surface area contributed by atoms with Crippen molar-refractivity contribution in [2.75, 3.05) is 0 Å². The third kappa shape index (κ3) is 1.89. The highest BCUT2D eigenvalue weighted by molar-refractivity contribution is 6.04. The minimum atomic E-state index is -0.314. The first-order chi connectivity index (χ1) is 11.8. The largest absolute Gasteiger partial charge is 0.507 e. The van der Waals surface area contributed by atoms with E-state index in [1.54, 1.807) is 6.07 Å². The van der Waals surface area contributed by atoms with E-state index in [-0.39, 0.29) is 11.8 Å². The van der Waals surface area contributed by atoms with Crippen molar-refractivity contribution >= 4 is 5.71 Å². The van der Waals surface area contributed by atoms with Gasteiger partial charge in [-0.05, 0) is 31.0 Å². The fourth-order valence-electron chi connectivity index (χ4n) is 4.37. The number of fused-ring (bicyclic) bond motifs is 4. The third-order valence-electron chi connectivity index (χ3n) is 5.51. The fraction of sp³-hybridized carbons (Fsp3) is 0.350. The number of hydrazone groups is 1. The first kappa shape index (κ1) is 13.9. The quantitative estimate of drug-likeness (QED) is 0.856. The SMILES string of the molecule is Oc1ccccc1C1=NN2[C@@H](C1)c1ccccc1OC21CCCC1. The lowest BCUT2D eigenvalue weighted by Gasteiger charge is -2.45. The zero-order valence-electron chi connectivity index (χ0n) is 13.5. The topological polar surface area (TPSA) is 45.1 Å². The molecule has 0 amide bonds. The molecule has 4 nitrogen and oxygen atoms in total. The van der Waals surface area contributed by atoms with E-state index < -0.39 is 0 Å². The molecule has 0 unspecified atom stereocenters.